The minimum absolute atomic E-state index is 0.236. The summed E-state index contributed by atoms with van der Waals surface area (Å²) in [4.78, 5) is 14.4. The monoisotopic (exact) mass is 343 g/mol. The Morgan fingerprint density at radius 2 is 1.58 bits per heavy atom. The number of allylic oxidation sites excluding steroid dienone is 1. The fraction of sp³-hybridized carbons (Fsp3) is 0.0500. The van der Waals surface area contributed by atoms with Crippen molar-refractivity contribution in [3.8, 4) is 0 Å². The molecule has 0 atom stereocenters. The van der Waals surface area contributed by atoms with Gasteiger partial charge in [0.05, 0.1) is 12.2 Å². The van der Waals surface area contributed by atoms with E-state index in [-0.39, 0.29) is 12.1 Å². The van der Waals surface area contributed by atoms with Gasteiger partial charge in [0.15, 0.2) is 0 Å². The fourth-order valence-corrected chi connectivity index (χ4v) is 3.06. The van der Waals surface area contributed by atoms with Gasteiger partial charge in [-0.2, -0.15) is 15.4 Å². The van der Waals surface area contributed by atoms with Crippen molar-refractivity contribution >= 4 is 11.6 Å². The van der Waals surface area contributed by atoms with Crippen LogP contribution < -0.4 is 5.32 Å². The van der Waals surface area contributed by atoms with E-state index in [0.717, 1.165) is 16.7 Å². The number of aromatic amines is 1. The average molecular weight is 343 g/mol. The zero-order valence-corrected chi connectivity index (χ0v) is 14.0. The molecule has 2 amide bonds. The molecule has 4 rings (SSSR count). The summed E-state index contributed by atoms with van der Waals surface area (Å²) in [5.41, 5.74) is 3.87. The highest BCUT2D eigenvalue weighted by molar-refractivity contribution is 5.90. The number of benzene rings is 2. The van der Waals surface area contributed by atoms with Gasteiger partial charge < -0.3 is 5.32 Å². The van der Waals surface area contributed by atoms with Crippen molar-refractivity contribution in [3.63, 3.8) is 0 Å². The Balaban J connectivity index is 1.84. The lowest BCUT2D eigenvalue weighted by Gasteiger charge is -2.34. The molecule has 0 unspecified atom stereocenters. The number of rotatable bonds is 4. The molecule has 0 bridgehead atoms. The summed E-state index contributed by atoms with van der Waals surface area (Å²) in [5, 5.41) is 13.4. The van der Waals surface area contributed by atoms with Gasteiger partial charge in [0.25, 0.3) is 0 Å². The van der Waals surface area contributed by atoms with Crippen molar-refractivity contribution < 1.29 is 4.79 Å². The average Bonchev–Trinajstić information content (AvgIpc) is 3.20. The molecule has 0 aliphatic carbocycles. The molecule has 26 heavy (non-hydrogen) atoms. The van der Waals surface area contributed by atoms with Crippen LogP contribution in [0.1, 0.15) is 22.9 Å². The third kappa shape index (κ3) is 2.88. The highest BCUT2D eigenvalue weighted by atomic mass is 16.2. The van der Waals surface area contributed by atoms with E-state index in [4.69, 9.17) is 0 Å². The lowest BCUT2D eigenvalue weighted by Crippen LogP contribution is -2.42. The van der Waals surface area contributed by atoms with Gasteiger partial charge in [-0.3, -0.25) is 4.90 Å². The van der Waals surface area contributed by atoms with E-state index >= 15 is 0 Å². The summed E-state index contributed by atoms with van der Waals surface area (Å²) >= 11 is 0. The molecule has 0 fully saturated rings. The Morgan fingerprint density at radius 3 is 2.12 bits per heavy atom. The third-order valence-electron chi connectivity index (χ3n) is 4.29. The van der Waals surface area contributed by atoms with Gasteiger partial charge in [-0.1, -0.05) is 67.2 Å². The van der Waals surface area contributed by atoms with Crippen molar-refractivity contribution in [2.24, 2.45) is 0 Å². The molecule has 0 saturated carbocycles. The van der Waals surface area contributed by atoms with Crippen LogP contribution in [0, 0.1) is 0 Å². The second-order valence-electron chi connectivity index (χ2n) is 5.94. The quantitative estimate of drug-likeness (QED) is 0.762. The van der Waals surface area contributed by atoms with E-state index in [1.807, 2.05) is 60.7 Å². The number of amides is 2. The van der Waals surface area contributed by atoms with Crippen LogP contribution in [0.25, 0.3) is 5.57 Å². The van der Waals surface area contributed by atoms with E-state index in [1.54, 1.807) is 17.3 Å². The molecule has 1 aliphatic heterocycles. The third-order valence-corrected chi connectivity index (χ3v) is 4.29. The number of H-pyrrole nitrogens is 1. The van der Waals surface area contributed by atoms with E-state index in [1.165, 1.54) is 0 Å². The van der Waals surface area contributed by atoms with Crippen molar-refractivity contribution in [1.29, 1.82) is 0 Å². The van der Waals surface area contributed by atoms with Gasteiger partial charge in [-0.05, 0) is 11.1 Å². The minimum atomic E-state index is -0.271. The maximum Gasteiger partial charge on any atom is 0.326 e. The lowest BCUT2D eigenvalue weighted by atomic mass is 9.96. The van der Waals surface area contributed by atoms with Crippen LogP contribution in [0.3, 0.4) is 0 Å². The molecule has 1 aromatic heterocycles. The minimum Gasteiger partial charge on any atom is -0.307 e. The van der Waals surface area contributed by atoms with Gasteiger partial charge in [0.2, 0.25) is 0 Å². The van der Waals surface area contributed by atoms with E-state index in [2.05, 4.69) is 27.3 Å². The number of carbonyl (C=O) groups excluding carboxylic acids is 1. The van der Waals surface area contributed by atoms with Crippen LogP contribution >= 0.6 is 0 Å². The predicted molar refractivity (Wildman–Crippen MR) is 98.6 cm³/mol. The molecule has 0 saturated heterocycles. The molecule has 0 radical (unpaired) electrons. The number of urea groups is 1. The zero-order valence-electron chi connectivity index (χ0n) is 14.0. The molecule has 6 nitrogen and oxygen atoms in total. The molecule has 2 heterocycles. The highest BCUT2D eigenvalue weighted by Crippen LogP contribution is 2.33. The van der Waals surface area contributed by atoms with Crippen molar-refractivity contribution in [3.05, 3.63) is 102 Å². The summed E-state index contributed by atoms with van der Waals surface area (Å²) < 4.78 is 0. The maximum absolute atomic E-state index is 12.8. The lowest BCUT2D eigenvalue weighted by molar-refractivity contribution is 0.208. The Kier molecular flexibility index (Phi) is 4.07. The van der Waals surface area contributed by atoms with Crippen molar-refractivity contribution in [2.75, 3.05) is 0 Å². The number of hydrogen-bond donors (Lipinski definition) is 2. The smallest absolute Gasteiger partial charge is 0.307 e. The van der Waals surface area contributed by atoms with Crippen LogP contribution in [-0.4, -0.2) is 26.3 Å². The van der Waals surface area contributed by atoms with Gasteiger partial charge >= 0.3 is 6.03 Å². The number of nitrogens with zero attached hydrogens (tertiary/aromatic N) is 3. The molecule has 0 spiro atoms. The summed E-state index contributed by atoms with van der Waals surface area (Å²) in [7, 11) is 0. The number of carbonyl (C=O) groups is 1. The molecular weight excluding hydrogens is 326 g/mol. The molecule has 128 valence electrons. The van der Waals surface area contributed by atoms with Crippen LogP contribution in [0.2, 0.25) is 0 Å². The SMILES string of the molecule is C=C1NC(=O)N(C(c2ccccc2)c2ccccc2)C=C1c1cn[nH]n1. The molecule has 6 heteroatoms. The first kappa shape index (κ1) is 15.8. The molecule has 1 aliphatic rings. The van der Waals surface area contributed by atoms with Gasteiger partial charge in [-0.15, -0.1) is 0 Å². The first-order chi connectivity index (χ1) is 12.7. The topological polar surface area (TPSA) is 73.9 Å². The van der Waals surface area contributed by atoms with E-state index < -0.39 is 0 Å². The normalized spacial score (nSPS) is 14.3. The Hall–Kier alpha value is -3.67. The maximum atomic E-state index is 12.8. The highest BCUT2D eigenvalue weighted by Gasteiger charge is 2.30. The first-order valence-corrected chi connectivity index (χ1v) is 8.20. The number of hydrogen-bond acceptors (Lipinski definition) is 3. The van der Waals surface area contributed by atoms with Crippen molar-refractivity contribution in [2.45, 2.75) is 6.04 Å². The van der Waals surface area contributed by atoms with E-state index in [9.17, 15) is 4.79 Å². The summed E-state index contributed by atoms with van der Waals surface area (Å²) in [6, 6.07) is 19.3. The van der Waals surface area contributed by atoms with Crippen LogP contribution in [0.15, 0.2) is 85.3 Å². The standard InChI is InChI=1S/C20H17N5O/c1-14-17(18-12-21-24-23-18)13-25(20(26)22-14)19(15-8-4-2-5-9-15)16-10-6-3-7-11-16/h2-13,19H,1H2,(H,22,26)(H,21,23,24). The first-order valence-electron chi connectivity index (χ1n) is 8.20. The van der Waals surface area contributed by atoms with Crippen LogP contribution in [0.4, 0.5) is 4.79 Å². The van der Waals surface area contributed by atoms with E-state index in [0.29, 0.717) is 11.4 Å². The van der Waals surface area contributed by atoms with Gasteiger partial charge in [0, 0.05) is 17.5 Å². The second kappa shape index (κ2) is 6.68. The van der Waals surface area contributed by atoms with Crippen molar-refractivity contribution in [1.82, 2.24) is 25.6 Å². The molecule has 2 aromatic carbocycles. The molecule has 3 aromatic rings. The second-order valence-corrected chi connectivity index (χ2v) is 5.94. The largest absolute Gasteiger partial charge is 0.326 e. The summed E-state index contributed by atoms with van der Waals surface area (Å²) in [5.74, 6) is 0. The Labute approximate surface area is 150 Å². The van der Waals surface area contributed by atoms with Crippen LogP contribution in [-0.2, 0) is 0 Å². The Bertz CT molecular complexity index is 909. The summed E-state index contributed by atoms with van der Waals surface area (Å²) in [6.07, 6.45) is 3.39. The fourth-order valence-electron chi connectivity index (χ4n) is 3.06. The molecular formula is C20H17N5O. The summed E-state index contributed by atoms with van der Waals surface area (Å²) in [6.45, 7) is 3.93. The Morgan fingerprint density at radius 1 is 0.962 bits per heavy atom. The zero-order chi connectivity index (χ0) is 17.9. The van der Waals surface area contributed by atoms with Crippen LogP contribution in [0.5, 0.6) is 0 Å². The number of aromatic nitrogens is 3. The van der Waals surface area contributed by atoms with Gasteiger partial charge in [0.1, 0.15) is 5.69 Å². The molecule has 2 N–H and O–H groups in total. The van der Waals surface area contributed by atoms with Gasteiger partial charge in [-0.25, -0.2) is 4.79 Å². The predicted octanol–water partition coefficient (Wildman–Crippen LogP) is 3.47. The number of nitrogens with one attached hydrogen (secondary N) is 2.